The van der Waals surface area contributed by atoms with E-state index in [1.165, 1.54) is 19.3 Å². The molecule has 108 valence electrons. The predicted molar refractivity (Wildman–Crippen MR) is 79.9 cm³/mol. The summed E-state index contributed by atoms with van der Waals surface area (Å²) in [5.41, 5.74) is 1.01. The Balaban J connectivity index is 1.87. The van der Waals surface area contributed by atoms with E-state index in [-0.39, 0.29) is 0 Å². The van der Waals surface area contributed by atoms with Crippen molar-refractivity contribution >= 4 is 11.6 Å². The molecule has 2 aromatic heterocycles. The van der Waals surface area contributed by atoms with Gasteiger partial charge in [0, 0.05) is 24.8 Å². The summed E-state index contributed by atoms with van der Waals surface area (Å²) in [4.78, 5) is 11.1. The number of rotatable bonds is 4. The monoisotopic (exact) mass is 273 g/mol. The van der Waals surface area contributed by atoms with Gasteiger partial charge in [-0.25, -0.2) is 4.98 Å². The van der Waals surface area contributed by atoms with Crippen LogP contribution in [0.1, 0.15) is 38.8 Å². The van der Waals surface area contributed by atoms with Crippen molar-refractivity contribution in [2.75, 3.05) is 18.0 Å². The van der Waals surface area contributed by atoms with Gasteiger partial charge in [0.15, 0.2) is 0 Å². The Morgan fingerprint density at radius 2 is 2.15 bits per heavy atom. The lowest BCUT2D eigenvalue weighted by Crippen LogP contribution is -2.25. The number of hydrogen-bond acceptors (Lipinski definition) is 4. The van der Waals surface area contributed by atoms with E-state index in [9.17, 15) is 0 Å². The van der Waals surface area contributed by atoms with Crippen molar-refractivity contribution < 1.29 is 0 Å². The first-order valence-electron chi connectivity index (χ1n) is 7.65. The quantitative estimate of drug-likeness (QED) is 0.859. The topological polar surface area (TPSA) is 46.3 Å². The first kappa shape index (κ1) is 13.3. The van der Waals surface area contributed by atoms with Crippen molar-refractivity contribution in [3.05, 3.63) is 18.1 Å². The summed E-state index contributed by atoms with van der Waals surface area (Å²) in [7, 11) is 0. The van der Waals surface area contributed by atoms with Gasteiger partial charge in [-0.3, -0.25) is 0 Å². The Labute approximate surface area is 120 Å². The van der Waals surface area contributed by atoms with Crippen molar-refractivity contribution in [1.29, 1.82) is 0 Å². The third-order valence-corrected chi connectivity index (χ3v) is 4.63. The maximum Gasteiger partial charge on any atom is 0.254 e. The molecule has 3 rings (SSSR count). The number of hydrogen-bond donors (Lipinski definition) is 0. The first-order chi connectivity index (χ1) is 9.72. The third-order valence-electron chi connectivity index (χ3n) is 4.63. The van der Waals surface area contributed by atoms with Gasteiger partial charge in [-0.1, -0.05) is 26.7 Å². The molecule has 0 aliphatic carbocycles. The molecular weight excluding hydrogens is 250 g/mol. The predicted octanol–water partition coefficient (Wildman–Crippen LogP) is 2.70. The van der Waals surface area contributed by atoms with E-state index in [4.69, 9.17) is 0 Å². The SMILES string of the molecule is CCC(CC)C1CCN(c2cc(C)nc3ncnn23)C1. The van der Waals surface area contributed by atoms with Crippen molar-refractivity contribution in [3.8, 4) is 0 Å². The molecule has 0 saturated carbocycles. The highest BCUT2D eigenvalue weighted by Gasteiger charge is 2.29. The van der Waals surface area contributed by atoms with Crippen LogP contribution in [0, 0.1) is 18.8 Å². The lowest BCUT2D eigenvalue weighted by atomic mass is 9.87. The summed E-state index contributed by atoms with van der Waals surface area (Å²) in [6.45, 7) is 8.88. The van der Waals surface area contributed by atoms with Crippen molar-refractivity contribution in [2.24, 2.45) is 11.8 Å². The Morgan fingerprint density at radius 1 is 1.35 bits per heavy atom. The Morgan fingerprint density at radius 3 is 2.90 bits per heavy atom. The fourth-order valence-electron chi connectivity index (χ4n) is 3.47. The van der Waals surface area contributed by atoms with Crippen LogP contribution < -0.4 is 4.90 Å². The van der Waals surface area contributed by atoms with Crippen LogP contribution in [-0.4, -0.2) is 32.7 Å². The summed E-state index contributed by atoms with van der Waals surface area (Å²) < 4.78 is 1.86. The Hall–Kier alpha value is -1.65. The lowest BCUT2D eigenvalue weighted by molar-refractivity contribution is 0.339. The number of aromatic nitrogens is 4. The molecule has 5 nitrogen and oxygen atoms in total. The molecule has 0 aromatic carbocycles. The zero-order valence-electron chi connectivity index (χ0n) is 12.6. The second-order valence-corrected chi connectivity index (χ2v) is 5.80. The van der Waals surface area contributed by atoms with Gasteiger partial charge in [-0.15, -0.1) is 0 Å². The maximum absolute atomic E-state index is 4.42. The van der Waals surface area contributed by atoms with E-state index in [1.807, 2.05) is 11.4 Å². The van der Waals surface area contributed by atoms with Crippen LogP contribution in [0.15, 0.2) is 12.4 Å². The zero-order valence-corrected chi connectivity index (χ0v) is 12.6. The van der Waals surface area contributed by atoms with Gasteiger partial charge in [0.1, 0.15) is 12.1 Å². The molecule has 2 aromatic rings. The molecule has 0 bridgehead atoms. The summed E-state index contributed by atoms with van der Waals surface area (Å²) in [6.07, 6.45) is 5.43. The Bertz CT molecular complexity index is 587. The molecule has 0 N–H and O–H groups in total. The highest BCUT2D eigenvalue weighted by molar-refractivity contribution is 5.47. The molecular formula is C15H23N5. The summed E-state index contributed by atoms with van der Waals surface area (Å²) >= 11 is 0. The van der Waals surface area contributed by atoms with Crippen LogP contribution in [0.25, 0.3) is 5.78 Å². The highest BCUT2D eigenvalue weighted by Crippen LogP contribution is 2.31. The number of anilines is 1. The standard InChI is InChI=1S/C15H23N5/c1-4-12(5-2)13-6-7-19(9-13)14-8-11(3)18-15-16-10-17-20(14)15/h8,10,12-13H,4-7,9H2,1-3H3. The van der Waals surface area contributed by atoms with E-state index < -0.39 is 0 Å². The normalized spacial score (nSPS) is 19.4. The molecule has 0 spiro atoms. The van der Waals surface area contributed by atoms with E-state index in [2.05, 4.69) is 39.9 Å². The van der Waals surface area contributed by atoms with Gasteiger partial charge in [0.05, 0.1) is 0 Å². The fourth-order valence-corrected chi connectivity index (χ4v) is 3.47. The van der Waals surface area contributed by atoms with Crippen LogP contribution in [-0.2, 0) is 0 Å². The first-order valence-corrected chi connectivity index (χ1v) is 7.65. The van der Waals surface area contributed by atoms with E-state index in [0.29, 0.717) is 5.78 Å². The van der Waals surface area contributed by atoms with Crippen LogP contribution in [0.5, 0.6) is 0 Å². The molecule has 5 heteroatoms. The average molecular weight is 273 g/mol. The minimum absolute atomic E-state index is 0.700. The molecule has 0 amide bonds. The minimum Gasteiger partial charge on any atom is -0.356 e. The molecule has 1 aliphatic heterocycles. The van der Waals surface area contributed by atoms with Crippen molar-refractivity contribution in [1.82, 2.24) is 19.6 Å². The second-order valence-electron chi connectivity index (χ2n) is 5.80. The summed E-state index contributed by atoms with van der Waals surface area (Å²) in [5, 5.41) is 4.32. The van der Waals surface area contributed by atoms with Crippen molar-refractivity contribution in [2.45, 2.75) is 40.0 Å². The van der Waals surface area contributed by atoms with Crippen LogP contribution in [0.3, 0.4) is 0 Å². The molecule has 1 atom stereocenters. The minimum atomic E-state index is 0.700. The molecule has 1 unspecified atom stereocenters. The van der Waals surface area contributed by atoms with Crippen LogP contribution in [0.2, 0.25) is 0 Å². The summed E-state index contributed by atoms with van der Waals surface area (Å²) in [6, 6.07) is 2.12. The highest BCUT2D eigenvalue weighted by atomic mass is 15.4. The van der Waals surface area contributed by atoms with Gasteiger partial charge in [-0.2, -0.15) is 14.6 Å². The van der Waals surface area contributed by atoms with Gasteiger partial charge in [0.2, 0.25) is 0 Å². The second kappa shape index (κ2) is 5.38. The Kier molecular flexibility index (Phi) is 3.59. The summed E-state index contributed by atoms with van der Waals surface area (Å²) in [5.74, 6) is 3.48. The molecule has 1 aliphatic rings. The molecule has 1 fully saturated rings. The van der Waals surface area contributed by atoms with Gasteiger partial charge in [0.25, 0.3) is 5.78 Å². The zero-order chi connectivity index (χ0) is 14.1. The van der Waals surface area contributed by atoms with E-state index in [0.717, 1.165) is 36.4 Å². The number of aryl methyl sites for hydroxylation is 1. The fraction of sp³-hybridized carbons (Fsp3) is 0.667. The largest absolute Gasteiger partial charge is 0.356 e. The maximum atomic E-state index is 4.42. The molecule has 0 radical (unpaired) electrons. The number of fused-ring (bicyclic) bond motifs is 1. The van der Waals surface area contributed by atoms with Gasteiger partial charge < -0.3 is 4.90 Å². The molecule has 3 heterocycles. The van der Waals surface area contributed by atoms with Gasteiger partial charge >= 0.3 is 0 Å². The average Bonchev–Trinajstić information content (AvgIpc) is 3.08. The van der Waals surface area contributed by atoms with Crippen LogP contribution >= 0.6 is 0 Å². The molecule has 1 saturated heterocycles. The van der Waals surface area contributed by atoms with Crippen LogP contribution in [0.4, 0.5) is 5.82 Å². The number of nitrogens with zero attached hydrogens (tertiary/aromatic N) is 5. The van der Waals surface area contributed by atoms with E-state index >= 15 is 0 Å². The smallest absolute Gasteiger partial charge is 0.254 e. The lowest BCUT2D eigenvalue weighted by Gasteiger charge is -2.23. The molecule has 20 heavy (non-hydrogen) atoms. The van der Waals surface area contributed by atoms with Gasteiger partial charge in [-0.05, 0) is 25.2 Å². The third kappa shape index (κ3) is 2.25. The van der Waals surface area contributed by atoms with Crippen molar-refractivity contribution in [3.63, 3.8) is 0 Å². The van der Waals surface area contributed by atoms with E-state index in [1.54, 1.807) is 6.33 Å².